The lowest BCUT2D eigenvalue weighted by molar-refractivity contribution is 0.212. The number of aliphatic hydroxyl groups excluding tert-OH is 1. The minimum atomic E-state index is -0.560. The van der Waals surface area contributed by atoms with Crippen molar-refractivity contribution in [3.8, 4) is 22.6 Å². The average Bonchev–Trinajstić information content (AvgIpc) is 3.05. The van der Waals surface area contributed by atoms with E-state index in [2.05, 4.69) is 47.5 Å². The molecule has 3 heterocycles. The summed E-state index contributed by atoms with van der Waals surface area (Å²) in [5.74, 6) is 2.45. The Bertz CT molecular complexity index is 1520. The minimum absolute atomic E-state index is 0.0334. The molecule has 0 radical (unpaired) electrons. The van der Waals surface area contributed by atoms with Crippen LogP contribution in [0.4, 0.5) is 11.8 Å². The molecule has 0 fully saturated rings. The van der Waals surface area contributed by atoms with Gasteiger partial charge < -0.3 is 30.1 Å². The van der Waals surface area contributed by atoms with E-state index in [4.69, 9.17) is 24.4 Å². The fourth-order valence-corrected chi connectivity index (χ4v) is 5.17. The SMILES string of the molecule is CCCCN(C)Cc1cnccc1-c1cnc2c(N[C@@](C)(CO)CCCC)nc(NCc3ccc(OC)cc3OC)nc2c1. The first kappa shape index (κ1) is 32.9. The highest BCUT2D eigenvalue weighted by Gasteiger charge is 2.25. The summed E-state index contributed by atoms with van der Waals surface area (Å²) in [5, 5.41) is 17.2. The molecule has 0 saturated heterocycles. The van der Waals surface area contributed by atoms with Crippen molar-refractivity contribution < 1.29 is 14.6 Å². The molecule has 3 aromatic heterocycles. The third kappa shape index (κ3) is 8.33. The predicted molar refractivity (Wildman–Crippen MR) is 177 cm³/mol. The normalized spacial score (nSPS) is 12.7. The fourth-order valence-electron chi connectivity index (χ4n) is 5.17. The van der Waals surface area contributed by atoms with E-state index in [1.165, 1.54) is 0 Å². The van der Waals surface area contributed by atoms with Gasteiger partial charge in [0.05, 0.1) is 31.9 Å². The molecule has 0 aliphatic rings. The van der Waals surface area contributed by atoms with Crippen LogP contribution < -0.4 is 20.1 Å². The maximum absolute atomic E-state index is 10.3. The molecule has 0 aliphatic carbocycles. The molecular formula is C34H47N7O3. The summed E-state index contributed by atoms with van der Waals surface area (Å²) in [6.45, 7) is 8.59. The molecule has 10 nitrogen and oxygen atoms in total. The molecule has 0 aliphatic heterocycles. The van der Waals surface area contributed by atoms with Crippen LogP contribution in [0.2, 0.25) is 0 Å². The van der Waals surface area contributed by atoms with E-state index in [-0.39, 0.29) is 6.61 Å². The molecule has 44 heavy (non-hydrogen) atoms. The molecule has 0 amide bonds. The Morgan fingerprint density at radius 2 is 1.80 bits per heavy atom. The number of nitrogens with zero attached hydrogens (tertiary/aromatic N) is 5. The Balaban J connectivity index is 1.74. The number of unbranched alkanes of at least 4 members (excludes halogenated alkanes) is 2. The molecule has 4 rings (SSSR count). The molecule has 10 heteroatoms. The number of nitrogens with one attached hydrogen (secondary N) is 2. The first-order valence-electron chi connectivity index (χ1n) is 15.5. The van der Waals surface area contributed by atoms with Crippen LogP contribution in [0.5, 0.6) is 11.5 Å². The van der Waals surface area contributed by atoms with Gasteiger partial charge in [-0.3, -0.25) is 9.97 Å². The van der Waals surface area contributed by atoms with E-state index in [0.717, 1.165) is 73.2 Å². The zero-order valence-corrected chi connectivity index (χ0v) is 27.0. The van der Waals surface area contributed by atoms with Crippen molar-refractivity contribution >= 4 is 22.8 Å². The van der Waals surface area contributed by atoms with Crippen LogP contribution in [0.25, 0.3) is 22.2 Å². The van der Waals surface area contributed by atoms with Gasteiger partial charge in [-0.15, -0.1) is 0 Å². The molecule has 3 N–H and O–H groups in total. The molecule has 4 aromatic rings. The van der Waals surface area contributed by atoms with Crippen LogP contribution in [0, 0.1) is 0 Å². The summed E-state index contributed by atoms with van der Waals surface area (Å²) in [5.41, 5.74) is 4.89. The molecule has 0 unspecified atom stereocenters. The predicted octanol–water partition coefficient (Wildman–Crippen LogP) is 6.30. The van der Waals surface area contributed by atoms with Crippen molar-refractivity contribution in [1.29, 1.82) is 0 Å². The zero-order chi connectivity index (χ0) is 31.5. The van der Waals surface area contributed by atoms with Crippen LogP contribution in [0.1, 0.15) is 64.0 Å². The first-order valence-corrected chi connectivity index (χ1v) is 15.5. The topological polar surface area (TPSA) is 118 Å². The van der Waals surface area contributed by atoms with Gasteiger partial charge in [0.15, 0.2) is 5.82 Å². The highest BCUT2D eigenvalue weighted by atomic mass is 16.5. The molecule has 1 atom stereocenters. The number of fused-ring (bicyclic) bond motifs is 1. The first-order chi connectivity index (χ1) is 21.3. The van der Waals surface area contributed by atoms with Crippen molar-refractivity contribution in [3.63, 3.8) is 0 Å². The monoisotopic (exact) mass is 601 g/mol. The largest absolute Gasteiger partial charge is 0.497 e. The Morgan fingerprint density at radius 3 is 2.52 bits per heavy atom. The quantitative estimate of drug-likeness (QED) is 0.127. The van der Waals surface area contributed by atoms with Crippen molar-refractivity contribution in [2.24, 2.45) is 0 Å². The summed E-state index contributed by atoms with van der Waals surface area (Å²) < 4.78 is 10.9. The number of hydrogen-bond donors (Lipinski definition) is 3. The molecule has 0 saturated carbocycles. The Hall–Kier alpha value is -4.02. The number of pyridine rings is 2. The summed E-state index contributed by atoms with van der Waals surface area (Å²) in [6.07, 6.45) is 10.7. The van der Waals surface area contributed by atoms with E-state index in [1.54, 1.807) is 14.2 Å². The van der Waals surface area contributed by atoms with Gasteiger partial charge in [-0.1, -0.05) is 33.1 Å². The second-order valence-electron chi connectivity index (χ2n) is 11.6. The van der Waals surface area contributed by atoms with Crippen LogP contribution in [-0.2, 0) is 13.1 Å². The van der Waals surface area contributed by atoms with Gasteiger partial charge in [0.2, 0.25) is 5.95 Å². The Labute approximate surface area is 261 Å². The standard InChI is InChI=1S/C34H47N7O3/c1-7-9-14-34(3,23-42)40-32-31-29(38-33(39-32)37-20-24-11-12-27(43-5)18-30(24)44-6)17-25(21-36-31)28-13-15-35-19-26(28)22-41(4)16-10-8-2/h11-13,15,17-19,21,42H,7-10,14,16,20,22-23H2,1-6H3,(H2,37,38,39,40)/t34-/m1/s1. The molecule has 1 aromatic carbocycles. The van der Waals surface area contributed by atoms with Crippen molar-refractivity contribution in [3.05, 3.63) is 60.0 Å². The average molecular weight is 602 g/mol. The summed E-state index contributed by atoms with van der Waals surface area (Å²) in [6, 6.07) is 9.81. The van der Waals surface area contributed by atoms with E-state index in [9.17, 15) is 5.11 Å². The highest BCUT2D eigenvalue weighted by molar-refractivity contribution is 5.89. The number of anilines is 2. The third-order valence-electron chi connectivity index (χ3n) is 7.87. The lowest BCUT2D eigenvalue weighted by atomic mass is 9.96. The van der Waals surface area contributed by atoms with E-state index in [1.807, 2.05) is 49.8 Å². The summed E-state index contributed by atoms with van der Waals surface area (Å²) in [4.78, 5) is 21.3. The van der Waals surface area contributed by atoms with Crippen LogP contribution in [0.15, 0.2) is 48.9 Å². The van der Waals surface area contributed by atoms with Gasteiger partial charge in [-0.05, 0) is 68.8 Å². The van der Waals surface area contributed by atoms with Gasteiger partial charge in [-0.2, -0.15) is 4.98 Å². The van der Waals surface area contributed by atoms with Crippen molar-refractivity contribution in [1.82, 2.24) is 24.8 Å². The Morgan fingerprint density at radius 1 is 0.977 bits per heavy atom. The van der Waals surface area contributed by atoms with Crippen LogP contribution in [-0.4, -0.2) is 69.9 Å². The number of rotatable bonds is 17. The smallest absolute Gasteiger partial charge is 0.225 e. The van der Waals surface area contributed by atoms with Crippen LogP contribution >= 0.6 is 0 Å². The zero-order valence-electron chi connectivity index (χ0n) is 27.0. The van der Waals surface area contributed by atoms with Crippen molar-refractivity contribution in [2.75, 3.05) is 45.1 Å². The van der Waals surface area contributed by atoms with Crippen LogP contribution in [0.3, 0.4) is 0 Å². The van der Waals surface area contributed by atoms with Gasteiger partial charge >= 0.3 is 0 Å². The minimum Gasteiger partial charge on any atom is -0.497 e. The number of aromatic nitrogens is 4. The van der Waals surface area contributed by atoms with Crippen molar-refractivity contribution in [2.45, 2.75) is 71.5 Å². The number of aliphatic hydroxyl groups is 1. The number of hydrogen-bond acceptors (Lipinski definition) is 10. The highest BCUT2D eigenvalue weighted by Crippen LogP contribution is 2.31. The second-order valence-corrected chi connectivity index (χ2v) is 11.6. The van der Waals surface area contributed by atoms with Gasteiger partial charge in [0.25, 0.3) is 0 Å². The second kappa shape index (κ2) is 15.6. The summed E-state index contributed by atoms with van der Waals surface area (Å²) >= 11 is 0. The lowest BCUT2D eigenvalue weighted by Gasteiger charge is -2.29. The van der Waals surface area contributed by atoms with Gasteiger partial charge in [-0.25, -0.2) is 4.98 Å². The summed E-state index contributed by atoms with van der Waals surface area (Å²) in [7, 11) is 5.41. The molecule has 0 bridgehead atoms. The molecule has 236 valence electrons. The van der Waals surface area contributed by atoms with Gasteiger partial charge in [0.1, 0.15) is 17.0 Å². The number of ether oxygens (including phenoxy) is 2. The van der Waals surface area contributed by atoms with E-state index in [0.29, 0.717) is 35.1 Å². The number of methoxy groups -OCH3 is 2. The van der Waals surface area contributed by atoms with E-state index < -0.39 is 5.54 Å². The third-order valence-corrected chi connectivity index (χ3v) is 7.87. The number of benzene rings is 1. The van der Waals surface area contributed by atoms with Gasteiger partial charge in [0, 0.05) is 48.9 Å². The van der Waals surface area contributed by atoms with E-state index >= 15 is 0 Å². The fraction of sp³-hybridized carbons (Fsp3) is 0.471. The molecule has 0 spiro atoms. The maximum atomic E-state index is 10.3. The maximum Gasteiger partial charge on any atom is 0.225 e. The molecular weight excluding hydrogens is 554 g/mol. The Kier molecular flexibility index (Phi) is 11.7. The lowest BCUT2D eigenvalue weighted by Crippen LogP contribution is -2.39.